The Hall–Kier alpha value is -0.720. The smallest absolute Gasteiger partial charge is 0.0482 e. The molecular formula is C14H14Cl2. The second kappa shape index (κ2) is 4.65. The van der Waals surface area contributed by atoms with Crippen LogP contribution >= 0.6 is 23.2 Å². The predicted molar refractivity (Wildman–Crippen MR) is 72.5 cm³/mol. The molecule has 2 rings (SSSR count). The molecule has 0 atom stereocenters. The van der Waals surface area contributed by atoms with Crippen LogP contribution in [-0.4, -0.2) is 0 Å². The van der Waals surface area contributed by atoms with E-state index in [1.165, 1.54) is 33.0 Å². The summed E-state index contributed by atoms with van der Waals surface area (Å²) in [5, 5.41) is 2.47. The largest absolute Gasteiger partial charge is 0.122 e. The quantitative estimate of drug-likeness (QED) is 0.665. The van der Waals surface area contributed by atoms with Gasteiger partial charge in [0.1, 0.15) is 0 Å². The zero-order valence-electron chi connectivity index (χ0n) is 9.48. The average molecular weight is 253 g/mol. The van der Waals surface area contributed by atoms with Crippen LogP contribution in [0.4, 0.5) is 0 Å². The lowest BCUT2D eigenvalue weighted by atomic mass is 9.92. The van der Waals surface area contributed by atoms with E-state index in [0.717, 1.165) is 0 Å². The normalized spacial score (nSPS) is 11.0. The molecular weight excluding hydrogens is 239 g/mol. The Morgan fingerprint density at radius 1 is 0.812 bits per heavy atom. The lowest BCUT2D eigenvalue weighted by molar-refractivity contribution is 1.22. The van der Waals surface area contributed by atoms with Crippen LogP contribution in [0.15, 0.2) is 24.3 Å². The summed E-state index contributed by atoms with van der Waals surface area (Å²) in [4.78, 5) is 0. The maximum absolute atomic E-state index is 6.05. The van der Waals surface area contributed by atoms with Gasteiger partial charge in [-0.3, -0.25) is 0 Å². The molecule has 84 valence electrons. The molecule has 0 fully saturated rings. The molecule has 0 saturated heterocycles. The van der Waals surface area contributed by atoms with Crippen LogP contribution in [-0.2, 0) is 11.8 Å². The highest BCUT2D eigenvalue weighted by Gasteiger charge is 2.12. The van der Waals surface area contributed by atoms with Crippen LogP contribution < -0.4 is 0 Å². The van der Waals surface area contributed by atoms with Gasteiger partial charge in [0.05, 0.1) is 0 Å². The summed E-state index contributed by atoms with van der Waals surface area (Å²) in [6, 6.07) is 8.33. The number of halogens is 2. The fourth-order valence-electron chi connectivity index (χ4n) is 2.21. The monoisotopic (exact) mass is 252 g/mol. The minimum Gasteiger partial charge on any atom is -0.122 e. The second-order valence-electron chi connectivity index (χ2n) is 4.02. The summed E-state index contributed by atoms with van der Waals surface area (Å²) >= 11 is 12.1. The number of rotatable bonds is 2. The van der Waals surface area contributed by atoms with Crippen molar-refractivity contribution in [1.82, 2.24) is 0 Å². The van der Waals surface area contributed by atoms with E-state index in [4.69, 9.17) is 23.2 Å². The SMILES string of the molecule is Cc1c(C)c(CCl)c2ccccc2c1CCl. The molecule has 0 spiro atoms. The third kappa shape index (κ3) is 1.70. The Balaban J connectivity index is 2.95. The van der Waals surface area contributed by atoms with E-state index in [-0.39, 0.29) is 0 Å². The summed E-state index contributed by atoms with van der Waals surface area (Å²) in [6.07, 6.45) is 0. The van der Waals surface area contributed by atoms with Gasteiger partial charge in [-0.15, -0.1) is 23.2 Å². The maximum Gasteiger partial charge on any atom is 0.0482 e. The molecule has 0 aliphatic heterocycles. The Labute approximate surface area is 106 Å². The number of fused-ring (bicyclic) bond motifs is 1. The first-order chi connectivity index (χ1) is 7.70. The van der Waals surface area contributed by atoms with Crippen molar-refractivity contribution in [2.45, 2.75) is 25.6 Å². The molecule has 2 aromatic carbocycles. The Kier molecular flexibility index (Phi) is 3.41. The third-order valence-electron chi connectivity index (χ3n) is 3.31. The molecule has 0 nitrogen and oxygen atoms in total. The first-order valence-electron chi connectivity index (χ1n) is 5.32. The van der Waals surface area contributed by atoms with E-state index in [2.05, 4.69) is 26.0 Å². The van der Waals surface area contributed by atoms with Crippen LogP contribution in [0.25, 0.3) is 10.8 Å². The van der Waals surface area contributed by atoms with Crippen LogP contribution in [0.3, 0.4) is 0 Å². The van der Waals surface area contributed by atoms with Crippen molar-refractivity contribution in [3.05, 3.63) is 46.5 Å². The minimum absolute atomic E-state index is 0.551. The van der Waals surface area contributed by atoms with Crippen molar-refractivity contribution in [3.63, 3.8) is 0 Å². The van der Waals surface area contributed by atoms with Crippen LogP contribution in [0.5, 0.6) is 0 Å². The summed E-state index contributed by atoms with van der Waals surface area (Å²) < 4.78 is 0. The zero-order chi connectivity index (χ0) is 11.7. The molecule has 2 heteroatoms. The highest BCUT2D eigenvalue weighted by Crippen LogP contribution is 2.31. The Morgan fingerprint density at radius 2 is 1.19 bits per heavy atom. The van der Waals surface area contributed by atoms with Crippen LogP contribution in [0, 0.1) is 13.8 Å². The Bertz CT molecular complexity index is 481. The number of benzene rings is 2. The first-order valence-corrected chi connectivity index (χ1v) is 6.39. The van der Waals surface area contributed by atoms with E-state index in [1.54, 1.807) is 0 Å². The van der Waals surface area contributed by atoms with Crippen molar-refractivity contribution in [2.75, 3.05) is 0 Å². The Morgan fingerprint density at radius 3 is 1.50 bits per heavy atom. The topological polar surface area (TPSA) is 0 Å². The summed E-state index contributed by atoms with van der Waals surface area (Å²) in [5.74, 6) is 1.10. The van der Waals surface area contributed by atoms with Gasteiger partial charge in [0.15, 0.2) is 0 Å². The van der Waals surface area contributed by atoms with Gasteiger partial charge in [-0.2, -0.15) is 0 Å². The molecule has 0 saturated carbocycles. The molecule has 0 aromatic heterocycles. The number of alkyl halides is 2. The summed E-state index contributed by atoms with van der Waals surface area (Å²) in [5.41, 5.74) is 4.99. The van der Waals surface area contributed by atoms with E-state index >= 15 is 0 Å². The third-order valence-corrected chi connectivity index (χ3v) is 3.85. The fraction of sp³-hybridized carbons (Fsp3) is 0.286. The average Bonchev–Trinajstić information content (AvgIpc) is 2.31. The van der Waals surface area contributed by atoms with Gasteiger partial charge in [0, 0.05) is 11.8 Å². The summed E-state index contributed by atoms with van der Waals surface area (Å²) in [7, 11) is 0. The van der Waals surface area contributed by atoms with Crippen molar-refractivity contribution < 1.29 is 0 Å². The first kappa shape index (κ1) is 11.8. The van der Waals surface area contributed by atoms with E-state index in [1.807, 2.05) is 12.1 Å². The van der Waals surface area contributed by atoms with Crippen LogP contribution in [0.1, 0.15) is 22.3 Å². The maximum atomic E-state index is 6.05. The number of hydrogen-bond donors (Lipinski definition) is 0. The van der Waals surface area contributed by atoms with Crippen molar-refractivity contribution in [3.8, 4) is 0 Å². The van der Waals surface area contributed by atoms with E-state index < -0.39 is 0 Å². The second-order valence-corrected chi connectivity index (χ2v) is 4.55. The van der Waals surface area contributed by atoms with Gasteiger partial charge in [-0.25, -0.2) is 0 Å². The van der Waals surface area contributed by atoms with E-state index in [0.29, 0.717) is 11.8 Å². The lowest BCUT2D eigenvalue weighted by Crippen LogP contribution is -1.97. The summed E-state index contributed by atoms with van der Waals surface area (Å²) in [6.45, 7) is 4.24. The van der Waals surface area contributed by atoms with Crippen molar-refractivity contribution in [2.24, 2.45) is 0 Å². The molecule has 0 heterocycles. The molecule has 0 unspecified atom stereocenters. The van der Waals surface area contributed by atoms with Gasteiger partial charge in [0.2, 0.25) is 0 Å². The molecule has 0 bridgehead atoms. The zero-order valence-corrected chi connectivity index (χ0v) is 11.0. The fourth-order valence-corrected chi connectivity index (χ4v) is 2.90. The highest BCUT2D eigenvalue weighted by atomic mass is 35.5. The van der Waals surface area contributed by atoms with Gasteiger partial charge >= 0.3 is 0 Å². The predicted octanol–water partition coefficient (Wildman–Crippen LogP) is 4.93. The molecule has 0 N–H and O–H groups in total. The van der Waals surface area contributed by atoms with Gasteiger partial charge in [-0.05, 0) is 46.9 Å². The standard InChI is InChI=1S/C14H14Cl2/c1-9-10(2)14(8-16)12-6-4-3-5-11(12)13(9)7-15/h3-6H,7-8H2,1-2H3. The molecule has 2 aromatic rings. The van der Waals surface area contributed by atoms with Crippen molar-refractivity contribution >= 4 is 34.0 Å². The highest BCUT2D eigenvalue weighted by molar-refractivity contribution is 6.19. The molecule has 16 heavy (non-hydrogen) atoms. The minimum atomic E-state index is 0.551. The van der Waals surface area contributed by atoms with E-state index in [9.17, 15) is 0 Å². The van der Waals surface area contributed by atoms with Crippen molar-refractivity contribution in [1.29, 1.82) is 0 Å². The molecule has 0 aliphatic carbocycles. The molecule has 0 aliphatic rings. The van der Waals surface area contributed by atoms with Gasteiger partial charge in [-0.1, -0.05) is 24.3 Å². The van der Waals surface area contributed by atoms with Gasteiger partial charge < -0.3 is 0 Å². The molecule has 0 amide bonds. The van der Waals surface area contributed by atoms with Gasteiger partial charge in [0.25, 0.3) is 0 Å². The lowest BCUT2D eigenvalue weighted by Gasteiger charge is -2.15. The molecule has 0 radical (unpaired) electrons. The number of hydrogen-bond acceptors (Lipinski definition) is 0. The van der Waals surface area contributed by atoms with Crippen LogP contribution in [0.2, 0.25) is 0 Å².